The SMILES string of the molecule is CCCOc1ccc(C(Cl)c2ccc(C)cc2)cc1Br. The number of rotatable bonds is 5. The van der Waals surface area contributed by atoms with E-state index in [1.54, 1.807) is 0 Å². The molecule has 0 aliphatic heterocycles. The summed E-state index contributed by atoms with van der Waals surface area (Å²) in [6, 6.07) is 14.3. The highest BCUT2D eigenvalue weighted by atomic mass is 79.9. The summed E-state index contributed by atoms with van der Waals surface area (Å²) in [4.78, 5) is 0. The van der Waals surface area contributed by atoms with Crippen LogP contribution in [0.25, 0.3) is 0 Å². The van der Waals surface area contributed by atoms with E-state index in [0.29, 0.717) is 0 Å². The Morgan fingerprint density at radius 2 is 1.75 bits per heavy atom. The molecule has 106 valence electrons. The molecule has 0 radical (unpaired) electrons. The van der Waals surface area contributed by atoms with Gasteiger partial charge in [-0.15, -0.1) is 11.6 Å². The molecule has 0 aliphatic carbocycles. The third-order valence-electron chi connectivity index (χ3n) is 3.08. The van der Waals surface area contributed by atoms with Crippen LogP contribution >= 0.6 is 27.5 Å². The van der Waals surface area contributed by atoms with Crippen LogP contribution in [0.4, 0.5) is 0 Å². The first kappa shape index (κ1) is 15.4. The van der Waals surface area contributed by atoms with Gasteiger partial charge in [-0.05, 0) is 52.5 Å². The third-order valence-corrected chi connectivity index (χ3v) is 4.20. The predicted molar refractivity (Wildman–Crippen MR) is 88.8 cm³/mol. The highest BCUT2D eigenvalue weighted by Crippen LogP contribution is 2.34. The van der Waals surface area contributed by atoms with Gasteiger partial charge >= 0.3 is 0 Å². The quantitative estimate of drug-likeness (QED) is 0.610. The van der Waals surface area contributed by atoms with Crippen LogP contribution in [-0.4, -0.2) is 6.61 Å². The Kier molecular flexibility index (Phi) is 5.50. The summed E-state index contributed by atoms with van der Waals surface area (Å²) in [5.74, 6) is 0.864. The zero-order valence-corrected chi connectivity index (χ0v) is 14.0. The lowest BCUT2D eigenvalue weighted by Gasteiger charge is -2.13. The second-order valence-corrected chi connectivity index (χ2v) is 6.10. The van der Waals surface area contributed by atoms with E-state index in [0.717, 1.165) is 34.4 Å². The summed E-state index contributed by atoms with van der Waals surface area (Å²) < 4.78 is 6.60. The van der Waals surface area contributed by atoms with Gasteiger partial charge in [-0.1, -0.05) is 42.8 Å². The third kappa shape index (κ3) is 3.77. The highest BCUT2D eigenvalue weighted by Gasteiger charge is 2.12. The molecule has 0 fully saturated rings. The van der Waals surface area contributed by atoms with Gasteiger partial charge in [0.05, 0.1) is 16.5 Å². The van der Waals surface area contributed by atoms with Crippen LogP contribution in [0.3, 0.4) is 0 Å². The van der Waals surface area contributed by atoms with E-state index in [-0.39, 0.29) is 5.38 Å². The van der Waals surface area contributed by atoms with Crippen molar-refractivity contribution in [2.24, 2.45) is 0 Å². The Bertz CT molecular complexity index is 566. The standard InChI is InChI=1S/C17H18BrClO/c1-3-10-20-16-9-8-14(11-15(16)18)17(19)13-6-4-12(2)5-7-13/h4-9,11,17H,3,10H2,1-2H3. The number of hydrogen-bond donors (Lipinski definition) is 0. The summed E-state index contributed by atoms with van der Waals surface area (Å²) in [6.45, 7) is 4.89. The minimum absolute atomic E-state index is 0.146. The van der Waals surface area contributed by atoms with Crippen LogP contribution in [0, 0.1) is 6.92 Å². The number of halogens is 2. The Hall–Kier alpha value is -0.990. The fraction of sp³-hybridized carbons (Fsp3) is 0.294. The van der Waals surface area contributed by atoms with Crippen molar-refractivity contribution in [3.8, 4) is 5.75 Å². The molecule has 0 amide bonds. The summed E-state index contributed by atoms with van der Waals surface area (Å²) in [5, 5.41) is -0.146. The molecule has 0 heterocycles. The monoisotopic (exact) mass is 352 g/mol. The van der Waals surface area contributed by atoms with Crippen molar-refractivity contribution in [3.05, 3.63) is 63.6 Å². The summed E-state index contributed by atoms with van der Waals surface area (Å²) in [6.07, 6.45) is 0.996. The van der Waals surface area contributed by atoms with E-state index in [4.69, 9.17) is 16.3 Å². The molecule has 20 heavy (non-hydrogen) atoms. The van der Waals surface area contributed by atoms with E-state index in [9.17, 15) is 0 Å². The lowest BCUT2D eigenvalue weighted by Crippen LogP contribution is -1.98. The van der Waals surface area contributed by atoms with Gasteiger partial charge in [-0.2, -0.15) is 0 Å². The zero-order chi connectivity index (χ0) is 14.5. The van der Waals surface area contributed by atoms with Crippen molar-refractivity contribution in [2.45, 2.75) is 25.6 Å². The summed E-state index contributed by atoms with van der Waals surface area (Å²) >= 11 is 10.1. The number of ether oxygens (including phenoxy) is 1. The molecule has 3 heteroatoms. The number of benzene rings is 2. The number of alkyl halides is 1. The topological polar surface area (TPSA) is 9.23 Å². The minimum atomic E-state index is -0.146. The fourth-order valence-electron chi connectivity index (χ4n) is 1.93. The molecule has 1 unspecified atom stereocenters. The van der Waals surface area contributed by atoms with E-state index >= 15 is 0 Å². The smallest absolute Gasteiger partial charge is 0.133 e. The molecule has 2 aromatic rings. The molecule has 1 atom stereocenters. The molecule has 2 aromatic carbocycles. The second kappa shape index (κ2) is 7.14. The molecule has 0 saturated heterocycles. The first-order valence-corrected chi connectivity index (χ1v) is 7.97. The first-order chi connectivity index (χ1) is 9.61. The van der Waals surface area contributed by atoms with Gasteiger partial charge in [0.2, 0.25) is 0 Å². The first-order valence-electron chi connectivity index (χ1n) is 6.74. The summed E-state index contributed by atoms with van der Waals surface area (Å²) in [7, 11) is 0. The van der Waals surface area contributed by atoms with Crippen LogP contribution in [0.15, 0.2) is 46.9 Å². The van der Waals surface area contributed by atoms with Gasteiger partial charge < -0.3 is 4.74 Å². The molecule has 0 N–H and O–H groups in total. The lowest BCUT2D eigenvalue weighted by atomic mass is 10.0. The van der Waals surface area contributed by atoms with Crippen LogP contribution in [0.2, 0.25) is 0 Å². The lowest BCUT2D eigenvalue weighted by molar-refractivity contribution is 0.315. The van der Waals surface area contributed by atoms with E-state index in [1.807, 2.05) is 18.2 Å². The molecule has 1 nitrogen and oxygen atoms in total. The largest absolute Gasteiger partial charge is 0.492 e. The van der Waals surface area contributed by atoms with Gasteiger partial charge in [-0.3, -0.25) is 0 Å². The molecule has 2 rings (SSSR count). The molecule has 0 aliphatic rings. The van der Waals surface area contributed by atoms with Gasteiger partial charge in [0.15, 0.2) is 0 Å². The molecule has 0 bridgehead atoms. The molecular weight excluding hydrogens is 336 g/mol. The predicted octanol–water partition coefficient (Wildman–Crippen LogP) is 5.87. The maximum absolute atomic E-state index is 6.55. The van der Waals surface area contributed by atoms with Gasteiger partial charge in [0.1, 0.15) is 5.75 Å². The highest BCUT2D eigenvalue weighted by molar-refractivity contribution is 9.10. The fourth-order valence-corrected chi connectivity index (χ4v) is 2.72. The maximum Gasteiger partial charge on any atom is 0.133 e. The maximum atomic E-state index is 6.55. The average Bonchev–Trinajstić information content (AvgIpc) is 2.46. The van der Waals surface area contributed by atoms with Crippen molar-refractivity contribution in [1.82, 2.24) is 0 Å². The summed E-state index contributed by atoms with van der Waals surface area (Å²) in [5.41, 5.74) is 3.40. The van der Waals surface area contributed by atoms with Gasteiger partial charge in [-0.25, -0.2) is 0 Å². The van der Waals surface area contributed by atoms with Crippen LogP contribution < -0.4 is 4.74 Å². The normalized spacial score (nSPS) is 12.2. The Morgan fingerprint density at radius 3 is 2.35 bits per heavy atom. The van der Waals surface area contributed by atoms with Crippen molar-refractivity contribution < 1.29 is 4.74 Å². The van der Waals surface area contributed by atoms with Crippen molar-refractivity contribution in [2.75, 3.05) is 6.61 Å². The van der Waals surface area contributed by atoms with Gasteiger partial charge in [0.25, 0.3) is 0 Å². The van der Waals surface area contributed by atoms with E-state index < -0.39 is 0 Å². The van der Waals surface area contributed by atoms with Crippen LogP contribution in [-0.2, 0) is 0 Å². The van der Waals surface area contributed by atoms with E-state index in [1.165, 1.54) is 5.56 Å². The number of hydrogen-bond acceptors (Lipinski definition) is 1. The molecule has 0 spiro atoms. The van der Waals surface area contributed by atoms with Crippen LogP contribution in [0.5, 0.6) is 5.75 Å². The van der Waals surface area contributed by atoms with Gasteiger partial charge in [0, 0.05) is 0 Å². The van der Waals surface area contributed by atoms with E-state index in [2.05, 4.69) is 54.0 Å². The zero-order valence-electron chi connectivity index (χ0n) is 11.7. The van der Waals surface area contributed by atoms with Crippen molar-refractivity contribution in [3.63, 3.8) is 0 Å². The Balaban J connectivity index is 2.20. The Labute approximate surface area is 134 Å². The second-order valence-electron chi connectivity index (χ2n) is 4.81. The van der Waals surface area contributed by atoms with Crippen LogP contribution in [0.1, 0.15) is 35.4 Å². The minimum Gasteiger partial charge on any atom is -0.492 e. The Morgan fingerprint density at radius 1 is 1.10 bits per heavy atom. The average molecular weight is 354 g/mol. The van der Waals surface area contributed by atoms with Crippen molar-refractivity contribution in [1.29, 1.82) is 0 Å². The number of aryl methyl sites for hydroxylation is 1. The molecule has 0 aromatic heterocycles. The molecular formula is C17H18BrClO. The van der Waals surface area contributed by atoms with Crippen molar-refractivity contribution >= 4 is 27.5 Å². The molecule has 0 saturated carbocycles.